The van der Waals surface area contributed by atoms with Crippen molar-refractivity contribution in [3.8, 4) is 0 Å². The first-order valence-corrected chi connectivity index (χ1v) is 8.43. The van der Waals surface area contributed by atoms with E-state index in [9.17, 15) is 4.79 Å². The molecule has 0 radical (unpaired) electrons. The third kappa shape index (κ3) is 4.80. The van der Waals surface area contributed by atoms with Crippen LogP contribution in [-0.4, -0.2) is 31.3 Å². The normalized spacial score (nSPS) is 18.0. The molecule has 2 rings (SSSR count). The number of carbonyl (C=O) groups excluding carboxylic acids is 1. The Balaban J connectivity index is 2.11. The van der Waals surface area contributed by atoms with Crippen LogP contribution in [0, 0.1) is 0 Å². The zero-order chi connectivity index (χ0) is 16.2. The molecule has 1 saturated heterocycles. The Morgan fingerprint density at radius 2 is 2.00 bits per heavy atom. The number of benzene rings is 1. The summed E-state index contributed by atoms with van der Waals surface area (Å²) in [5, 5.41) is 3.34. The molecule has 1 aliphatic rings. The maximum Gasteiger partial charge on any atom is 0.332 e. The molecule has 1 aromatic carbocycles. The second-order valence-electron chi connectivity index (χ2n) is 6.63. The average Bonchev–Trinajstić information content (AvgIpc) is 2.44. The number of piperidine rings is 1. The minimum Gasteiger partial charge on any atom is -0.458 e. The van der Waals surface area contributed by atoms with Crippen LogP contribution in [0.1, 0.15) is 39.2 Å². The van der Waals surface area contributed by atoms with Crippen molar-refractivity contribution in [2.75, 3.05) is 19.7 Å². The lowest BCUT2D eigenvalue weighted by Gasteiger charge is -2.38. The van der Waals surface area contributed by atoms with Gasteiger partial charge in [-0.1, -0.05) is 28.1 Å². The summed E-state index contributed by atoms with van der Waals surface area (Å²) in [5.74, 6) is -0.319. The van der Waals surface area contributed by atoms with E-state index in [2.05, 4.69) is 33.4 Å². The van der Waals surface area contributed by atoms with Gasteiger partial charge < -0.3 is 14.8 Å². The minimum atomic E-state index is -0.489. The molecule has 0 spiro atoms. The maximum absolute atomic E-state index is 12.0. The predicted molar refractivity (Wildman–Crippen MR) is 89.7 cm³/mol. The molecule has 122 valence electrons. The quantitative estimate of drug-likeness (QED) is 0.826. The largest absolute Gasteiger partial charge is 0.458 e. The number of hydrogen-bond donors (Lipinski definition) is 1. The topological polar surface area (TPSA) is 47.6 Å². The second-order valence-corrected chi connectivity index (χ2v) is 7.55. The van der Waals surface area contributed by atoms with E-state index >= 15 is 0 Å². The molecule has 1 N–H and O–H groups in total. The summed E-state index contributed by atoms with van der Waals surface area (Å²) in [5.41, 5.74) is 0.190. The van der Waals surface area contributed by atoms with E-state index in [-0.39, 0.29) is 12.6 Å². The van der Waals surface area contributed by atoms with Crippen molar-refractivity contribution in [1.29, 1.82) is 0 Å². The van der Waals surface area contributed by atoms with Gasteiger partial charge in [0.05, 0.1) is 5.60 Å². The van der Waals surface area contributed by atoms with Crippen molar-refractivity contribution in [1.82, 2.24) is 5.32 Å². The zero-order valence-electron chi connectivity index (χ0n) is 13.4. The van der Waals surface area contributed by atoms with Crippen molar-refractivity contribution >= 4 is 21.9 Å². The van der Waals surface area contributed by atoms with E-state index in [4.69, 9.17) is 9.47 Å². The van der Waals surface area contributed by atoms with Crippen molar-refractivity contribution in [2.45, 2.75) is 44.8 Å². The van der Waals surface area contributed by atoms with E-state index in [1.165, 1.54) is 0 Å². The highest BCUT2D eigenvalue weighted by molar-refractivity contribution is 9.10. The fourth-order valence-corrected chi connectivity index (χ4v) is 3.09. The second kappa shape index (κ2) is 7.11. The van der Waals surface area contributed by atoms with Gasteiger partial charge >= 0.3 is 5.97 Å². The molecule has 1 fully saturated rings. The highest BCUT2D eigenvalue weighted by atomic mass is 79.9. The molecule has 5 heteroatoms. The van der Waals surface area contributed by atoms with Gasteiger partial charge in [-0.15, -0.1) is 0 Å². The molecule has 0 aliphatic carbocycles. The Labute approximate surface area is 140 Å². The van der Waals surface area contributed by atoms with Crippen molar-refractivity contribution in [3.63, 3.8) is 0 Å². The predicted octanol–water partition coefficient (Wildman–Crippen LogP) is 3.39. The van der Waals surface area contributed by atoms with Crippen LogP contribution in [0.15, 0.2) is 28.7 Å². The third-order valence-corrected chi connectivity index (χ3v) is 4.14. The highest BCUT2D eigenvalue weighted by Gasteiger charge is 2.36. The number of rotatable bonds is 4. The summed E-state index contributed by atoms with van der Waals surface area (Å²) < 4.78 is 12.4. The van der Waals surface area contributed by atoms with Gasteiger partial charge in [0.1, 0.15) is 12.2 Å². The molecule has 1 aromatic rings. The lowest BCUT2D eigenvalue weighted by Crippen LogP contribution is -2.43. The fourth-order valence-electron chi connectivity index (χ4n) is 2.69. The van der Waals surface area contributed by atoms with Crippen molar-refractivity contribution < 1.29 is 14.3 Å². The molecular weight excluding hydrogens is 346 g/mol. The summed E-state index contributed by atoms with van der Waals surface area (Å²) in [7, 11) is 0. The molecule has 0 saturated carbocycles. The first kappa shape index (κ1) is 17.4. The van der Waals surface area contributed by atoms with Crippen LogP contribution in [0.4, 0.5) is 0 Å². The van der Waals surface area contributed by atoms with Crippen LogP contribution in [0.3, 0.4) is 0 Å². The summed E-state index contributed by atoms with van der Waals surface area (Å²) in [6, 6.07) is 8.12. The van der Waals surface area contributed by atoms with Gasteiger partial charge in [0.15, 0.2) is 0 Å². The summed E-state index contributed by atoms with van der Waals surface area (Å²) in [4.78, 5) is 12.0. The van der Waals surface area contributed by atoms with E-state index < -0.39 is 11.2 Å². The first-order chi connectivity index (χ1) is 10.3. The van der Waals surface area contributed by atoms with Crippen LogP contribution < -0.4 is 5.32 Å². The van der Waals surface area contributed by atoms with Gasteiger partial charge in [0.25, 0.3) is 0 Å². The smallest absolute Gasteiger partial charge is 0.332 e. The summed E-state index contributed by atoms with van der Waals surface area (Å²) in [6.07, 6.45) is 1.68. The Morgan fingerprint density at radius 3 is 2.59 bits per heavy atom. The highest BCUT2D eigenvalue weighted by Crippen LogP contribution is 2.36. The molecule has 4 nitrogen and oxygen atoms in total. The SMILES string of the molecule is CC(C)(C)OC(=O)COC1(c2cccc(Br)c2)CCNCC1. The molecule has 0 bridgehead atoms. The molecular formula is C17H24BrNO3. The minimum absolute atomic E-state index is 0.0240. The molecule has 0 unspecified atom stereocenters. The lowest BCUT2D eigenvalue weighted by molar-refractivity contribution is -0.169. The van der Waals surface area contributed by atoms with Crippen LogP contribution >= 0.6 is 15.9 Å². The lowest BCUT2D eigenvalue weighted by atomic mass is 9.85. The standard InChI is InChI=1S/C17H24BrNO3/c1-16(2,3)22-15(20)12-21-17(7-9-19-10-8-17)13-5-4-6-14(18)11-13/h4-6,11,19H,7-10,12H2,1-3H3. The monoisotopic (exact) mass is 369 g/mol. The molecule has 1 heterocycles. The van der Waals surface area contributed by atoms with Crippen molar-refractivity contribution in [3.05, 3.63) is 34.3 Å². The van der Waals surface area contributed by atoms with Gasteiger partial charge in [0, 0.05) is 4.47 Å². The molecule has 0 atom stereocenters. The van der Waals surface area contributed by atoms with Crippen LogP contribution in [0.5, 0.6) is 0 Å². The molecule has 1 aliphatic heterocycles. The Bertz CT molecular complexity index is 519. The number of carbonyl (C=O) groups is 1. The van der Waals surface area contributed by atoms with Gasteiger partial charge in [-0.3, -0.25) is 0 Å². The molecule has 0 amide bonds. The van der Waals surface area contributed by atoms with E-state index in [0.29, 0.717) is 0 Å². The molecule has 0 aromatic heterocycles. The average molecular weight is 370 g/mol. The van der Waals surface area contributed by atoms with Crippen LogP contribution in [-0.2, 0) is 19.9 Å². The summed E-state index contributed by atoms with van der Waals surface area (Å²) >= 11 is 3.51. The number of halogens is 1. The molecule has 22 heavy (non-hydrogen) atoms. The fraction of sp³-hybridized carbons (Fsp3) is 0.588. The third-order valence-electron chi connectivity index (χ3n) is 3.65. The van der Waals surface area contributed by atoms with Gasteiger partial charge in [-0.2, -0.15) is 0 Å². The van der Waals surface area contributed by atoms with Crippen LogP contribution in [0.25, 0.3) is 0 Å². The van der Waals surface area contributed by atoms with E-state index in [1.54, 1.807) is 0 Å². The maximum atomic E-state index is 12.0. The number of ether oxygens (including phenoxy) is 2. The van der Waals surface area contributed by atoms with E-state index in [1.807, 2.05) is 32.9 Å². The Morgan fingerprint density at radius 1 is 1.32 bits per heavy atom. The first-order valence-electron chi connectivity index (χ1n) is 7.63. The zero-order valence-corrected chi connectivity index (χ0v) is 15.0. The summed E-state index contributed by atoms with van der Waals surface area (Å²) in [6.45, 7) is 7.31. The number of nitrogens with one attached hydrogen (secondary N) is 1. The Kier molecular flexibility index (Phi) is 5.64. The Hall–Kier alpha value is -0.910. The van der Waals surface area contributed by atoms with Crippen molar-refractivity contribution in [2.24, 2.45) is 0 Å². The van der Waals surface area contributed by atoms with Gasteiger partial charge in [0.2, 0.25) is 0 Å². The van der Waals surface area contributed by atoms with Gasteiger partial charge in [-0.05, 0) is 64.4 Å². The van der Waals surface area contributed by atoms with Gasteiger partial charge in [-0.25, -0.2) is 4.79 Å². The van der Waals surface area contributed by atoms with Crippen LogP contribution in [0.2, 0.25) is 0 Å². The number of esters is 1. The van der Waals surface area contributed by atoms with E-state index in [0.717, 1.165) is 36.0 Å². The number of hydrogen-bond acceptors (Lipinski definition) is 4.